The van der Waals surface area contributed by atoms with E-state index in [2.05, 4.69) is 33.2 Å². The van der Waals surface area contributed by atoms with Crippen LogP contribution >= 0.6 is 22.6 Å². The van der Waals surface area contributed by atoms with Crippen molar-refractivity contribution < 1.29 is 34.3 Å². The molecule has 1 heterocycles. The Labute approximate surface area is 201 Å². The predicted octanol–water partition coefficient (Wildman–Crippen LogP) is 0.476. The second kappa shape index (κ2) is 12.1. The van der Waals surface area contributed by atoms with Crippen molar-refractivity contribution in [2.24, 2.45) is 0 Å². The first-order valence-electron chi connectivity index (χ1n) is 10.7. The molecule has 0 aromatic heterocycles. The summed E-state index contributed by atoms with van der Waals surface area (Å²) < 4.78 is 18.0. The SMILES string of the molecule is COc1cc(CO)cc(I)c1O[C@H]1C=C(C(=O)NCCO)C[C@@H](NC[C@@H]2CCCO2)[C@@H]1O. The third-order valence-corrected chi connectivity index (χ3v) is 6.40. The van der Waals surface area contributed by atoms with E-state index < -0.39 is 18.2 Å². The van der Waals surface area contributed by atoms with Crippen molar-refractivity contribution in [3.8, 4) is 11.5 Å². The molecule has 1 aromatic carbocycles. The van der Waals surface area contributed by atoms with E-state index in [1.54, 1.807) is 18.2 Å². The van der Waals surface area contributed by atoms with Gasteiger partial charge in [0.25, 0.3) is 0 Å². The van der Waals surface area contributed by atoms with Gasteiger partial charge in [-0.3, -0.25) is 4.79 Å². The number of aliphatic hydroxyl groups excluding tert-OH is 3. The number of hydrogen-bond donors (Lipinski definition) is 5. The molecule has 0 radical (unpaired) electrons. The zero-order valence-corrected chi connectivity index (χ0v) is 20.2. The summed E-state index contributed by atoms with van der Waals surface area (Å²) in [5.41, 5.74) is 1.15. The van der Waals surface area contributed by atoms with Gasteiger partial charge >= 0.3 is 0 Å². The second-order valence-corrected chi connectivity index (χ2v) is 9.03. The Morgan fingerprint density at radius 3 is 2.81 bits per heavy atom. The zero-order valence-electron chi connectivity index (χ0n) is 18.1. The molecule has 1 aliphatic carbocycles. The van der Waals surface area contributed by atoms with Gasteiger partial charge in [0.2, 0.25) is 5.91 Å². The van der Waals surface area contributed by atoms with Crippen LogP contribution in [0.3, 0.4) is 0 Å². The van der Waals surface area contributed by atoms with Gasteiger partial charge in [-0.15, -0.1) is 0 Å². The van der Waals surface area contributed by atoms with E-state index in [0.717, 1.165) is 19.4 Å². The van der Waals surface area contributed by atoms with Gasteiger partial charge in [0.05, 0.1) is 30.0 Å². The number of amides is 1. The van der Waals surface area contributed by atoms with E-state index in [4.69, 9.17) is 19.3 Å². The van der Waals surface area contributed by atoms with Gasteiger partial charge in [-0.25, -0.2) is 0 Å². The van der Waals surface area contributed by atoms with Gasteiger partial charge < -0.3 is 40.2 Å². The molecule has 5 N–H and O–H groups in total. The molecule has 0 bridgehead atoms. The number of benzene rings is 1. The van der Waals surface area contributed by atoms with E-state index in [1.807, 2.05) is 0 Å². The molecule has 9 nitrogen and oxygen atoms in total. The number of rotatable bonds is 10. The Hall–Kier alpha value is -1.44. The first-order valence-corrected chi connectivity index (χ1v) is 11.8. The van der Waals surface area contributed by atoms with E-state index in [9.17, 15) is 15.0 Å². The van der Waals surface area contributed by atoms with Crippen LogP contribution in [0.1, 0.15) is 24.8 Å². The number of halogens is 1. The smallest absolute Gasteiger partial charge is 0.247 e. The fraction of sp³-hybridized carbons (Fsp3) is 0.591. The van der Waals surface area contributed by atoms with Crippen molar-refractivity contribution in [3.05, 3.63) is 32.9 Å². The van der Waals surface area contributed by atoms with Gasteiger partial charge in [0.1, 0.15) is 12.2 Å². The average Bonchev–Trinajstić information content (AvgIpc) is 3.32. The highest BCUT2D eigenvalue weighted by Crippen LogP contribution is 2.36. The lowest BCUT2D eigenvalue weighted by molar-refractivity contribution is -0.118. The first kappa shape index (κ1) is 25.2. The molecule has 0 saturated carbocycles. The third-order valence-electron chi connectivity index (χ3n) is 5.60. The standard InChI is InChI=1S/C22H31IN2O7/c1-30-19-8-13(12-27)7-16(23)21(19)32-18-10-14(22(29)24-4-5-26)9-17(20(18)28)25-11-15-3-2-6-31-15/h7-8,10,15,17-18,20,25-28H,2-6,9,11-12H2,1H3,(H,24,29)/t15-,17+,18-,20-/m0/s1. The summed E-state index contributed by atoms with van der Waals surface area (Å²) in [7, 11) is 1.51. The molecule has 2 aliphatic rings. The van der Waals surface area contributed by atoms with Crippen LogP contribution < -0.4 is 20.1 Å². The van der Waals surface area contributed by atoms with Crippen molar-refractivity contribution in [1.82, 2.24) is 10.6 Å². The Kier molecular flexibility index (Phi) is 9.56. The first-order chi connectivity index (χ1) is 15.5. The molecule has 0 unspecified atom stereocenters. The van der Waals surface area contributed by atoms with Gasteiger partial charge in [0.15, 0.2) is 11.5 Å². The Morgan fingerprint density at radius 2 is 2.16 bits per heavy atom. The average molecular weight is 562 g/mol. The molecule has 32 heavy (non-hydrogen) atoms. The third kappa shape index (κ3) is 6.33. The van der Waals surface area contributed by atoms with Crippen LogP contribution in [0.2, 0.25) is 0 Å². The molecule has 1 aromatic rings. The van der Waals surface area contributed by atoms with Gasteiger partial charge in [-0.1, -0.05) is 0 Å². The maximum Gasteiger partial charge on any atom is 0.247 e. The fourth-order valence-corrected chi connectivity index (χ4v) is 4.70. The largest absolute Gasteiger partial charge is 0.493 e. The molecule has 1 amide bonds. The highest BCUT2D eigenvalue weighted by molar-refractivity contribution is 14.1. The fourth-order valence-electron chi connectivity index (χ4n) is 3.90. The molecular formula is C22H31IN2O7. The highest BCUT2D eigenvalue weighted by atomic mass is 127. The summed E-state index contributed by atoms with van der Waals surface area (Å²) in [6, 6.07) is 3.04. The summed E-state index contributed by atoms with van der Waals surface area (Å²) in [6.45, 7) is 1.17. The van der Waals surface area contributed by atoms with Gasteiger partial charge in [-0.05, 0) is 65.6 Å². The van der Waals surface area contributed by atoms with E-state index in [-0.39, 0.29) is 31.8 Å². The molecule has 3 rings (SSSR count). The number of nitrogens with one attached hydrogen (secondary N) is 2. The second-order valence-electron chi connectivity index (χ2n) is 7.87. The molecule has 1 aliphatic heterocycles. The van der Waals surface area contributed by atoms with Crippen LogP contribution in [0.15, 0.2) is 23.8 Å². The monoisotopic (exact) mass is 562 g/mol. The predicted molar refractivity (Wildman–Crippen MR) is 126 cm³/mol. The number of carbonyl (C=O) groups is 1. The van der Waals surface area contributed by atoms with Crippen LogP contribution in [-0.2, 0) is 16.1 Å². The minimum absolute atomic E-state index is 0.0891. The number of methoxy groups -OCH3 is 1. The highest BCUT2D eigenvalue weighted by Gasteiger charge is 2.36. The summed E-state index contributed by atoms with van der Waals surface area (Å²) in [4.78, 5) is 12.6. The normalized spacial score (nSPS) is 25.3. The van der Waals surface area contributed by atoms with Crippen LogP contribution in [-0.4, -0.2) is 79.0 Å². The van der Waals surface area contributed by atoms with Crippen LogP contribution in [0, 0.1) is 3.57 Å². The van der Waals surface area contributed by atoms with Crippen molar-refractivity contribution in [2.45, 2.75) is 50.2 Å². The van der Waals surface area contributed by atoms with Crippen LogP contribution in [0.5, 0.6) is 11.5 Å². The van der Waals surface area contributed by atoms with E-state index in [0.29, 0.717) is 39.2 Å². The van der Waals surface area contributed by atoms with Crippen molar-refractivity contribution >= 4 is 28.5 Å². The minimum atomic E-state index is -0.913. The summed E-state index contributed by atoms with van der Waals surface area (Å²) in [6.07, 6.45) is 2.29. The lowest BCUT2D eigenvalue weighted by Crippen LogP contribution is -2.53. The maximum atomic E-state index is 12.6. The molecule has 0 spiro atoms. The van der Waals surface area contributed by atoms with E-state index in [1.165, 1.54) is 7.11 Å². The Bertz CT molecular complexity index is 814. The molecule has 10 heteroatoms. The number of aliphatic hydroxyl groups is 3. The molecular weight excluding hydrogens is 531 g/mol. The van der Waals surface area contributed by atoms with Crippen molar-refractivity contribution in [3.63, 3.8) is 0 Å². The number of hydrogen-bond acceptors (Lipinski definition) is 8. The number of carbonyl (C=O) groups excluding carboxylic acids is 1. The van der Waals surface area contributed by atoms with Crippen molar-refractivity contribution in [1.29, 1.82) is 0 Å². The Balaban J connectivity index is 1.83. The summed E-state index contributed by atoms with van der Waals surface area (Å²) in [5, 5.41) is 35.6. The lowest BCUT2D eigenvalue weighted by Gasteiger charge is -2.35. The van der Waals surface area contributed by atoms with Gasteiger partial charge in [0, 0.05) is 31.3 Å². The summed E-state index contributed by atoms with van der Waals surface area (Å²) >= 11 is 2.09. The molecule has 1 saturated heterocycles. The zero-order chi connectivity index (χ0) is 23.1. The topological polar surface area (TPSA) is 130 Å². The van der Waals surface area contributed by atoms with Crippen LogP contribution in [0.25, 0.3) is 0 Å². The molecule has 1 fully saturated rings. The Morgan fingerprint density at radius 1 is 1.34 bits per heavy atom. The van der Waals surface area contributed by atoms with E-state index >= 15 is 0 Å². The maximum absolute atomic E-state index is 12.6. The van der Waals surface area contributed by atoms with Gasteiger partial charge in [-0.2, -0.15) is 0 Å². The minimum Gasteiger partial charge on any atom is -0.493 e. The van der Waals surface area contributed by atoms with Crippen LogP contribution in [0.4, 0.5) is 0 Å². The molecule has 4 atom stereocenters. The molecule has 178 valence electrons. The lowest BCUT2D eigenvalue weighted by atomic mass is 9.89. The van der Waals surface area contributed by atoms with Crippen molar-refractivity contribution in [2.75, 3.05) is 33.4 Å². The summed E-state index contributed by atoms with van der Waals surface area (Å²) in [5.74, 6) is 0.559. The number of ether oxygens (including phenoxy) is 3. The quantitative estimate of drug-likeness (QED) is 0.261.